The Balaban J connectivity index is 0.695. The van der Waals surface area contributed by atoms with Crippen molar-refractivity contribution in [2.45, 2.75) is 199 Å². The number of aliphatic carboxylic acids is 1. The number of hydrogen-bond acceptors (Lipinski definition) is 26. The Morgan fingerprint density at radius 1 is 0.867 bits per heavy atom. The summed E-state index contributed by atoms with van der Waals surface area (Å²) >= 11 is 1.38. The molecule has 4 fully saturated rings. The van der Waals surface area contributed by atoms with Gasteiger partial charge in [0.05, 0.1) is 85.0 Å². The van der Waals surface area contributed by atoms with Gasteiger partial charge in [-0.2, -0.15) is 13.5 Å². The van der Waals surface area contributed by atoms with E-state index in [0.29, 0.717) is 83.2 Å². The minimum Gasteiger partial charge on any atom is -0.479 e. The third-order valence-corrected chi connectivity index (χ3v) is 25.5. The van der Waals surface area contributed by atoms with Gasteiger partial charge in [0.2, 0.25) is 11.8 Å². The maximum Gasteiger partial charge on any atom is 0.410 e. The predicted octanol–water partition coefficient (Wildman–Crippen LogP) is 5.26. The number of Topliss-reactive ketones (excluding diaryl/α,β-unsaturated/α-hetero) is 2. The Labute approximate surface area is 697 Å². The zero-order valence-corrected chi connectivity index (χ0v) is 69.3. The van der Waals surface area contributed by atoms with Crippen LogP contribution in [-0.2, 0) is 102 Å². The molecule has 3 aromatic carbocycles. The van der Waals surface area contributed by atoms with Crippen molar-refractivity contribution in [2.24, 2.45) is 29.1 Å². The zero-order valence-electron chi connectivity index (χ0n) is 67.6. The van der Waals surface area contributed by atoms with Crippen LogP contribution in [0.4, 0.5) is 15.7 Å². The first-order chi connectivity index (χ1) is 57.0. The number of anilines is 2. The highest BCUT2D eigenvalue weighted by Crippen LogP contribution is 2.56. The number of para-hydroxylation sites is 1. The molecule has 6 aromatic rings. The molecule has 2 saturated carbocycles. The molecule has 646 valence electrons. The monoisotopic (exact) mass is 1700 g/mol. The molecule has 2 saturated heterocycles. The van der Waals surface area contributed by atoms with Gasteiger partial charge < -0.3 is 74.7 Å². The molecule has 0 spiro atoms. The zero-order chi connectivity index (χ0) is 86.4. The van der Waals surface area contributed by atoms with Crippen molar-refractivity contribution in [3.05, 3.63) is 136 Å². The molecule has 2 bridgehead atoms. The number of ether oxygens (including phenoxy) is 4. The van der Waals surface area contributed by atoms with Gasteiger partial charge in [-0.15, -0.1) is 0 Å². The first-order valence-electron chi connectivity index (χ1n) is 40.4. The summed E-state index contributed by atoms with van der Waals surface area (Å²) < 4.78 is 58.9. The number of imide groups is 1. The quantitative estimate of drug-likeness (QED) is 0.0135. The number of nitrogens with zero attached hydrogens (tertiary/aromatic N) is 8. The third kappa shape index (κ3) is 21.2. The molecule has 0 radical (unpaired) electrons. The number of aliphatic hydroxyl groups excluding tert-OH is 5. The highest BCUT2D eigenvalue weighted by atomic mass is 32.2. The standard InChI is InChI=1S/C84H104N10O24S2/c1-46(2)60(33-57(97)40-92-55(44-115-28-29-120(112,113)114)32-64(78(92)106)94-69(99)20-21-70(94)100)77(105)86-48(4)65(98)31-50-14-15-54(53(30-50)16-18-66-72(101)73(102)74(103)75(118-66)80(109)110)43-116-82(111)90(25-23-56(96)42-95)26-27-117-84-35-47(3)34-83(6,45-84)36-51(37-84)39-93-49(5)61(38-85-93)58-17-19-68(88-71(58)79(107)108)91-24-22-52-10-9-11-59(62(52)41-91)76(104)89-81-87-63-12-7-8-13-67(63)119-81/h7-15,17,19-21,30,38,46-48,51,55-56,60,64,66,72-75,95-96,101-103H,16,18,22-29,31-37,39-45H2,1-6H3,(H,86,105)(H,107,108)(H,109,110)(H,87,89,104)(H,112,113,114)/t47?,48-,51?,55-,56-,60-,64-,66-,72-,73+,74-,75-,83?,84?/m0/s1. The number of fused-ring (bicyclic) bond motifs is 4. The van der Waals surface area contributed by atoms with Crippen LogP contribution >= 0.6 is 11.3 Å². The van der Waals surface area contributed by atoms with E-state index in [-0.39, 0.29) is 87.3 Å². The van der Waals surface area contributed by atoms with Gasteiger partial charge in [0.25, 0.3) is 27.8 Å². The van der Waals surface area contributed by atoms with Crippen molar-refractivity contribution in [2.75, 3.05) is 68.6 Å². The fourth-order valence-corrected chi connectivity index (χ4v) is 19.4. The Hall–Kier alpha value is -9.86. The number of hydrogen-bond donors (Lipinski definition) is 10. The number of benzene rings is 3. The van der Waals surface area contributed by atoms with E-state index < -0.39 is 174 Å². The van der Waals surface area contributed by atoms with Crippen molar-refractivity contribution in [1.82, 2.24) is 39.8 Å². The number of carboxylic acid groups (broad SMARTS) is 2. The topological polar surface area (TPSA) is 484 Å². The minimum absolute atomic E-state index is 0.00994. The number of aryl methyl sites for hydroxylation is 1. The van der Waals surface area contributed by atoms with E-state index in [0.717, 1.165) is 68.3 Å². The van der Waals surface area contributed by atoms with Gasteiger partial charge in [-0.25, -0.2) is 24.4 Å². The van der Waals surface area contributed by atoms with Gasteiger partial charge in [0.15, 0.2) is 28.5 Å². The number of ketones is 2. The summed E-state index contributed by atoms with van der Waals surface area (Å²) in [6.07, 6.45) is -3.94. The maximum atomic E-state index is 14.5. The molecule has 4 aliphatic heterocycles. The molecule has 12 rings (SSSR count). The molecule has 7 heterocycles. The number of amides is 6. The van der Waals surface area contributed by atoms with Crippen molar-refractivity contribution in [1.29, 1.82) is 0 Å². The molecule has 36 heteroatoms. The first-order valence-corrected chi connectivity index (χ1v) is 42.8. The molecule has 34 nitrogen and oxygen atoms in total. The van der Waals surface area contributed by atoms with E-state index in [1.807, 2.05) is 52.9 Å². The molecular formula is C84H104N10O24S2. The summed E-state index contributed by atoms with van der Waals surface area (Å²) in [5.41, 5.74) is 5.08. The van der Waals surface area contributed by atoms with Gasteiger partial charge in [0.1, 0.15) is 36.8 Å². The summed E-state index contributed by atoms with van der Waals surface area (Å²) in [6, 6.07) is 18.2. The second-order valence-electron chi connectivity index (χ2n) is 33.4. The summed E-state index contributed by atoms with van der Waals surface area (Å²) in [5, 5.41) is 84.5. The number of carbonyl (C=O) groups is 10. The van der Waals surface area contributed by atoms with Crippen LogP contribution in [0.5, 0.6) is 0 Å². The summed E-state index contributed by atoms with van der Waals surface area (Å²) in [4.78, 5) is 150. The number of likely N-dealkylation sites (tertiary alicyclic amines) is 1. The third-order valence-electron chi connectivity index (χ3n) is 23.9. The Morgan fingerprint density at radius 3 is 2.34 bits per heavy atom. The second-order valence-corrected chi connectivity index (χ2v) is 36.0. The molecule has 6 aliphatic rings. The van der Waals surface area contributed by atoms with Crippen molar-refractivity contribution in [3.8, 4) is 11.1 Å². The number of pyridine rings is 1. The lowest BCUT2D eigenvalue weighted by Gasteiger charge is -2.55. The number of aromatic carboxylic acids is 1. The lowest BCUT2D eigenvalue weighted by molar-refractivity contribution is -0.228. The summed E-state index contributed by atoms with van der Waals surface area (Å²) in [7, 11) is -4.42. The molecule has 14 atom stereocenters. The van der Waals surface area contributed by atoms with Crippen molar-refractivity contribution < 1.29 is 116 Å². The number of rotatable bonds is 37. The van der Waals surface area contributed by atoms with Crippen molar-refractivity contribution in [3.63, 3.8) is 0 Å². The van der Waals surface area contributed by atoms with E-state index in [2.05, 4.69) is 29.5 Å². The average molecular weight is 1700 g/mol. The first kappa shape index (κ1) is 89.4. The minimum atomic E-state index is -4.42. The van der Waals surface area contributed by atoms with Gasteiger partial charge in [-0.3, -0.25) is 53.0 Å². The van der Waals surface area contributed by atoms with Crippen LogP contribution in [0.1, 0.15) is 147 Å². The number of aliphatic hydroxyl groups is 5. The molecule has 120 heavy (non-hydrogen) atoms. The van der Waals surface area contributed by atoms with E-state index in [1.54, 1.807) is 56.4 Å². The van der Waals surface area contributed by atoms with Crippen LogP contribution in [0.25, 0.3) is 21.3 Å². The van der Waals surface area contributed by atoms with Gasteiger partial charge >= 0.3 is 18.0 Å². The molecule has 3 aromatic heterocycles. The van der Waals surface area contributed by atoms with Gasteiger partial charge in [-0.1, -0.05) is 81.5 Å². The van der Waals surface area contributed by atoms with Crippen molar-refractivity contribution >= 4 is 102 Å². The molecular weight excluding hydrogens is 1600 g/mol. The number of thiazole rings is 1. The molecule has 6 amide bonds. The fraction of sp³-hybridized carbons (Fsp3) is 0.536. The van der Waals surface area contributed by atoms with Crippen LogP contribution in [0.15, 0.2) is 91.1 Å². The van der Waals surface area contributed by atoms with E-state index in [9.17, 15) is 96.7 Å². The lowest BCUT2D eigenvalue weighted by Crippen LogP contribution is -2.59. The Bertz CT molecular complexity index is 4960. The van der Waals surface area contributed by atoms with E-state index in [4.69, 9.17) is 29.0 Å². The maximum absolute atomic E-state index is 14.5. The molecule has 10 N–H and O–H groups in total. The SMILES string of the molecule is Cc1c(-c2ccc(N3CCc4cccc(C(=O)Nc5nc6ccccc6s5)c4C3)nc2C(=O)O)cnn1CC1CC2(C)CC(C)CC(OCCN(CC[C@H](O)CO)C(=O)OCc3ccc(CC(=O)[C@H](C)NC(=O)[C@@H](CC(=O)CN4C(=O)[C@@H](N5C(=O)C=CC5=O)C[C@H]4COCCS(=O)(=O)O)C(C)C)cc3CC[C@@H]3O[C@H](C(=O)O)[C@@H](O)[C@H](O)[C@H]3O)(C1)C2. The highest BCUT2D eigenvalue weighted by Gasteiger charge is 2.53. The van der Waals surface area contributed by atoms with Crippen LogP contribution in [0.3, 0.4) is 0 Å². The average Bonchev–Trinajstić information content (AvgIpc) is 0.800. The molecule has 2 aliphatic carbocycles. The summed E-state index contributed by atoms with van der Waals surface area (Å²) in [5.74, 6) is -8.74. The van der Waals surface area contributed by atoms with Crippen LogP contribution in [0, 0.1) is 36.0 Å². The predicted molar refractivity (Wildman–Crippen MR) is 433 cm³/mol. The van der Waals surface area contributed by atoms with Gasteiger partial charge in [-0.05, 0) is 153 Å². The Morgan fingerprint density at radius 2 is 1.62 bits per heavy atom. The lowest BCUT2D eigenvalue weighted by atomic mass is 9.55. The van der Waals surface area contributed by atoms with Crippen LogP contribution in [0.2, 0.25) is 0 Å². The van der Waals surface area contributed by atoms with Crippen LogP contribution < -0.4 is 15.5 Å². The second kappa shape index (κ2) is 38.1. The number of carboxylic acids is 2. The normalized spacial score (nSPS) is 24.4. The molecule has 4 unspecified atom stereocenters. The Kier molecular flexibility index (Phi) is 28.3. The number of aromatic nitrogens is 4. The fourth-order valence-electron chi connectivity index (χ4n) is 18.2. The summed E-state index contributed by atoms with van der Waals surface area (Å²) in [6.45, 7) is 10.0. The van der Waals surface area contributed by atoms with Gasteiger partial charge in [0, 0.05) is 92.4 Å². The number of nitrogens with one attached hydrogen (secondary N) is 2. The number of carbonyl (C=O) groups excluding carboxylic acids is 8. The van der Waals surface area contributed by atoms with E-state index in [1.165, 1.54) is 23.2 Å². The van der Waals surface area contributed by atoms with Crippen LogP contribution in [-0.4, -0.2) is 261 Å². The largest absolute Gasteiger partial charge is 0.479 e. The van der Waals surface area contributed by atoms with E-state index >= 15 is 0 Å². The highest BCUT2D eigenvalue weighted by molar-refractivity contribution is 7.85. The smallest absolute Gasteiger partial charge is 0.410 e.